The SMILES string of the molecule is COc1cc(CNc2cc(-c3ccncc3)nc3ccnn23)cc(OC)c1OC. The highest BCUT2D eigenvalue weighted by Crippen LogP contribution is 2.38. The molecule has 8 nitrogen and oxygen atoms in total. The maximum atomic E-state index is 5.44. The maximum absolute atomic E-state index is 5.44. The van der Waals surface area contributed by atoms with Crippen LogP contribution in [0.3, 0.4) is 0 Å². The van der Waals surface area contributed by atoms with E-state index in [0.717, 1.165) is 28.3 Å². The summed E-state index contributed by atoms with van der Waals surface area (Å²) in [5, 5.41) is 7.80. The Morgan fingerprint density at radius 2 is 1.62 bits per heavy atom. The van der Waals surface area contributed by atoms with Crippen molar-refractivity contribution in [3.8, 4) is 28.5 Å². The highest BCUT2D eigenvalue weighted by Gasteiger charge is 2.14. The minimum atomic E-state index is 0.533. The summed E-state index contributed by atoms with van der Waals surface area (Å²) in [6, 6.07) is 11.5. The lowest BCUT2D eigenvalue weighted by Crippen LogP contribution is -2.07. The fourth-order valence-corrected chi connectivity index (χ4v) is 3.14. The molecular weight excluding hydrogens is 370 g/mol. The lowest BCUT2D eigenvalue weighted by atomic mass is 10.1. The van der Waals surface area contributed by atoms with Gasteiger partial charge >= 0.3 is 0 Å². The number of rotatable bonds is 7. The molecule has 0 atom stereocenters. The van der Waals surface area contributed by atoms with E-state index in [1.165, 1.54) is 0 Å². The predicted molar refractivity (Wildman–Crippen MR) is 110 cm³/mol. The first-order valence-corrected chi connectivity index (χ1v) is 9.01. The van der Waals surface area contributed by atoms with Gasteiger partial charge in [0, 0.05) is 36.6 Å². The van der Waals surface area contributed by atoms with E-state index in [-0.39, 0.29) is 0 Å². The number of aromatic nitrogens is 4. The summed E-state index contributed by atoms with van der Waals surface area (Å²) in [7, 11) is 4.79. The van der Waals surface area contributed by atoms with Crippen molar-refractivity contribution in [2.24, 2.45) is 0 Å². The van der Waals surface area contributed by atoms with Gasteiger partial charge in [0.25, 0.3) is 0 Å². The Labute approximate surface area is 168 Å². The van der Waals surface area contributed by atoms with Crippen molar-refractivity contribution < 1.29 is 14.2 Å². The van der Waals surface area contributed by atoms with E-state index >= 15 is 0 Å². The van der Waals surface area contributed by atoms with Crippen molar-refractivity contribution in [2.45, 2.75) is 6.54 Å². The van der Waals surface area contributed by atoms with Crippen LogP contribution in [-0.2, 0) is 6.54 Å². The van der Waals surface area contributed by atoms with Crippen molar-refractivity contribution in [3.63, 3.8) is 0 Å². The number of hydrogen-bond donors (Lipinski definition) is 1. The van der Waals surface area contributed by atoms with Gasteiger partial charge in [-0.15, -0.1) is 0 Å². The average molecular weight is 391 g/mol. The molecule has 0 saturated heterocycles. The minimum Gasteiger partial charge on any atom is -0.493 e. The van der Waals surface area contributed by atoms with E-state index in [9.17, 15) is 0 Å². The van der Waals surface area contributed by atoms with Crippen molar-refractivity contribution >= 4 is 11.5 Å². The fourth-order valence-electron chi connectivity index (χ4n) is 3.14. The maximum Gasteiger partial charge on any atom is 0.203 e. The molecule has 1 N–H and O–H groups in total. The van der Waals surface area contributed by atoms with Gasteiger partial charge in [0.15, 0.2) is 17.1 Å². The molecule has 4 aromatic rings. The molecule has 0 aliphatic heterocycles. The van der Waals surface area contributed by atoms with Crippen molar-refractivity contribution in [1.82, 2.24) is 19.6 Å². The van der Waals surface area contributed by atoms with Gasteiger partial charge in [-0.05, 0) is 29.8 Å². The highest BCUT2D eigenvalue weighted by atomic mass is 16.5. The van der Waals surface area contributed by atoms with Crippen LogP contribution < -0.4 is 19.5 Å². The summed E-state index contributed by atoms with van der Waals surface area (Å²) < 4.78 is 18.0. The molecule has 0 saturated carbocycles. The Balaban J connectivity index is 1.67. The summed E-state index contributed by atoms with van der Waals surface area (Å²) in [4.78, 5) is 8.75. The molecule has 4 rings (SSSR count). The highest BCUT2D eigenvalue weighted by molar-refractivity contribution is 5.66. The Hall–Kier alpha value is -3.81. The molecule has 3 heterocycles. The van der Waals surface area contributed by atoms with Crippen LogP contribution in [0, 0.1) is 0 Å². The standard InChI is InChI=1S/C21H21N5O3/c1-27-17-10-14(11-18(28-2)21(17)29-3)13-23-20-12-16(15-4-7-22-8-5-15)25-19-6-9-24-26(19)20/h4-12,23H,13H2,1-3H3. The van der Waals surface area contributed by atoms with Crippen molar-refractivity contribution in [3.05, 3.63) is 60.6 Å². The van der Waals surface area contributed by atoms with Gasteiger partial charge in [-0.25, -0.2) is 4.98 Å². The molecule has 8 heteroatoms. The van der Waals surface area contributed by atoms with E-state index in [1.807, 2.05) is 36.4 Å². The molecule has 0 unspecified atom stereocenters. The Morgan fingerprint density at radius 3 is 2.28 bits per heavy atom. The zero-order valence-electron chi connectivity index (χ0n) is 16.4. The average Bonchev–Trinajstić information content (AvgIpc) is 3.26. The number of pyridine rings is 1. The van der Waals surface area contributed by atoms with Gasteiger partial charge in [0.2, 0.25) is 5.75 Å². The van der Waals surface area contributed by atoms with E-state index in [4.69, 9.17) is 14.2 Å². The van der Waals surface area contributed by atoms with Crippen molar-refractivity contribution in [1.29, 1.82) is 0 Å². The third-order valence-corrected chi connectivity index (χ3v) is 4.53. The molecule has 0 amide bonds. The van der Waals surface area contributed by atoms with Gasteiger partial charge in [-0.3, -0.25) is 4.98 Å². The molecular formula is C21H21N5O3. The molecule has 0 bridgehead atoms. The lowest BCUT2D eigenvalue weighted by molar-refractivity contribution is 0.324. The van der Waals surface area contributed by atoms with Crippen LogP contribution >= 0.6 is 0 Å². The van der Waals surface area contributed by atoms with E-state index in [1.54, 1.807) is 44.4 Å². The molecule has 0 aliphatic carbocycles. The first-order chi connectivity index (χ1) is 14.2. The first-order valence-electron chi connectivity index (χ1n) is 9.01. The quantitative estimate of drug-likeness (QED) is 0.517. The number of hydrogen-bond acceptors (Lipinski definition) is 7. The number of fused-ring (bicyclic) bond motifs is 1. The van der Waals surface area contributed by atoms with Crippen LogP contribution in [-0.4, -0.2) is 40.9 Å². The fraction of sp³-hybridized carbons (Fsp3) is 0.190. The zero-order valence-corrected chi connectivity index (χ0v) is 16.4. The number of methoxy groups -OCH3 is 3. The van der Waals surface area contributed by atoms with Crippen LogP contribution in [0.4, 0.5) is 5.82 Å². The second-order valence-corrected chi connectivity index (χ2v) is 6.25. The third-order valence-electron chi connectivity index (χ3n) is 4.53. The Bertz CT molecular complexity index is 1100. The summed E-state index contributed by atoms with van der Waals surface area (Å²) >= 11 is 0. The summed E-state index contributed by atoms with van der Waals surface area (Å²) in [6.07, 6.45) is 5.23. The van der Waals surface area contributed by atoms with Crippen molar-refractivity contribution in [2.75, 3.05) is 26.6 Å². The van der Waals surface area contributed by atoms with Crippen LogP contribution in [0.15, 0.2) is 55.0 Å². The number of nitrogens with zero attached hydrogens (tertiary/aromatic N) is 4. The van der Waals surface area contributed by atoms with Gasteiger partial charge < -0.3 is 19.5 Å². The Morgan fingerprint density at radius 1 is 0.897 bits per heavy atom. The number of benzene rings is 1. The van der Waals surface area contributed by atoms with Crippen LogP contribution in [0.25, 0.3) is 16.9 Å². The second-order valence-electron chi connectivity index (χ2n) is 6.25. The predicted octanol–water partition coefficient (Wildman–Crippen LogP) is 3.43. The van der Waals surface area contributed by atoms with Crippen LogP contribution in [0.5, 0.6) is 17.2 Å². The van der Waals surface area contributed by atoms with Gasteiger partial charge in [0.1, 0.15) is 5.82 Å². The van der Waals surface area contributed by atoms with Gasteiger partial charge in [-0.2, -0.15) is 9.61 Å². The molecule has 0 radical (unpaired) electrons. The molecule has 29 heavy (non-hydrogen) atoms. The van der Waals surface area contributed by atoms with E-state index in [2.05, 4.69) is 20.4 Å². The molecule has 148 valence electrons. The molecule has 0 spiro atoms. The monoisotopic (exact) mass is 391 g/mol. The molecule has 0 aliphatic rings. The second kappa shape index (κ2) is 8.05. The third kappa shape index (κ3) is 3.64. The van der Waals surface area contributed by atoms with E-state index in [0.29, 0.717) is 23.8 Å². The van der Waals surface area contributed by atoms with Crippen LogP contribution in [0.1, 0.15) is 5.56 Å². The molecule has 0 fully saturated rings. The molecule has 3 aromatic heterocycles. The minimum absolute atomic E-state index is 0.533. The number of nitrogens with one attached hydrogen (secondary N) is 1. The smallest absolute Gasteiger partial charge is 0.203 e. The summed E-state index contributed by atoms with van der Waals surface area (Å²) in [5.74, 6) is 2.61. The normalized spacial score (nSPS) is 10.7. The zero-order chi connectivity index (χ0) is 20.2. The Kier molecular flexibility index (Phi) is 5.15. The lowest BCUT2D eigenvalue weighted by Gasteiger charge is -2.15. The first kappa shape index (κ1) is 18.5. The summed E-state index contributed by atoms with van der Waals surface area (Å²) in [5.41, 5.74) is 3.56. The van der Waals surface area contributed by atoms with Crippen LogP contribution in [0.2, 0.25) is 0 Å². The largest absolute Gasteiger partial charge is 0.493 e. The molecule has 1 aromatic carbocycles. The van der Waals surface area contributed by atoms with E-state index < -0.39 is 0 Å². The summed E-state index contributed by atoms with van der Waals surface area (Å²) in [6.45, 7) is 0.533. The van der Waals surface area contributed by atoms with Gasteiger partial charge in [0.05, 0.1) is 33.2 Å². The number of anilines is 1. The number of ether oxygens (including phenoxy) is 3. The topological polar surface area (TPSA) is 82.8 Å². The van der Waals surface area contributed by atoms with Gasteiger partial charge in [-0.1, -0.05) is 0 Å².